The fraction of sp³-hybridized carbons (Fsp3) is 0.467. The van der Waals surface area contributed by atoms with E-state index in [1.54, 1.807) is 29.2 Å². The fourth-order valence-electron chi connectivity index (χ4n) is 8.83. The van der Waals surface area contributed by atoms with Gasteiger partial charge in [-0.05, 0) is 78.8 Å². The number of allylic oxidation sites excluding steroid dienone is 1. The second kappa shape index (κ2) is 19.3. The van der Waals surface area contributed by atoms with Crippen LogP contribution in [0.1, 0.15) is 80.9 Å². The first kappa shape index (κ1) is 40.0. The van der Waals surface area contributed by atoms with Crippen molar-refractivity contribution in [3.8, 4) is 11.5 Å². The molecule has 3 aliphatic rings. The Morgan fingerprint density at radius 2 is 1.65 bits per heavy atom. The Bertz CT molecular complexity index is 1760. The zero-order chi connectivity index (χ0) is 38.6. The molecule has 0 aromatic heterocycles. The van der Waals surface area contributed by atoms with Gasteiger partial charge in [0.15, 0.2) is 0 Å². The van der Waals surface area contributed by atoms with Gasteiger partial charge in [0.05, 0.1) is 18.2 Å². The predicted octanol–water partition coefficient (Wildman–Crippen LogP) is 8.27. The molecule has 3 aromatic carbocycles. The van der Waals surface area contributed by atoms with Crippen molar-refractivity contribution in [2.75, 3.05) is 26.4 Å². The standard InChI is InChI=1S/C45H56N2O8/c1-3-23-47(44(51)52-30-32-15-7-5-8-16-32)41-29-39(46-54-31-33-17-9-6-10-18-33)37-27-34(19-11-13-24-48)36(20-12-14-25-49)42-38-28-35(50)21-22-40(38)55-45(41,43(37)42)53-26-4-2/h4-10,15-18,21-22,27-28,34,36,41-43,48-50H,2-3,11-14,19-20,23-26,29-31H2,1H3/t34-,36+,41-,42+,43+,45+/m0/s1. The molecule has 1 aliphatic heterocycles. The SMILES string of the molecule is C=CCO[C@@]12Oc3ccc(O)cc3[C@H]3[C@H](CCCCO)[C@@H](CCCCO)C=C(C(=NOCc4ccccc4)C[C@@H]1N(CCC)C(=O)OCc1ccccc1)[C@H]32. The Hall–Kier alpha value is -4.64. The van der Waals surface area contributed by atoms with Gasteiger partial charge in [-0.25, -0.2) is 4.79 Å². The van der Waals surface area contributed by atoms with Crippen LogP contribution in [0.3, 0.4) is 0 Å². The number of oxime groups is 1. The molecule has 3 N–H and O–H groups in total. The molecule has 10 nitrogen and oxygen atoms in total. The van der Waals surface area contributed by atoms with E-state index < -0.39 is 23.8 Å². The van der Waals surface area contributed by atoms with Crippen molar-refractivity contribution in [3.05, 3.63) is 120 Å². The molecule has 2 aliphatic carbocycles. The third kappa shape index (κ3) is 9.09. The van der Waals surface area contributed by atoms with Gasteiger partial charge in [0.2, 0.25) is 5.79 Å². The van der Waals surface area contributed by atoms with Crippen molar-refractivity contribution >= 4 is 11.8 Å². The third-order valence-electron chi connectivity index (χ3n) is 11.2. The van der Waals surface area contributed by atoms with Crippen LogP contribution >= 0.6 is 0 Å². The summed E-state index contributed by atoms with van der Waals surface area (Å²) in [5.41, 5.74) is 4.37. The maximum Gasteiger partial charge on any atom is 0.410 e. The lowest BCUT2D eigenvalue weighted by atomic mass is 9.55. The van der Waals surface area contributed by atoms with Crippen molar-refractivity contribution in [3.63, 3.8) is 0 Å². The normalized spacial score (nSPS) is 24.5. The highest BCUT2D eigenvalue weighted by Crippen LogP contribution is 2.62. The lowest BCUT2D eigenvalue weighted by Crippen LogP contribution is -2.70. The van der Waals surface area contributed by atoms with Crippen LogP contribution in [-0.2, 0) is 27.5 Å². The summed E-state index contributed by atoms with van der Waals surface area (Å²) >= 11 is 0. The molecule has 1 saturated carbocycles. The predicted molar refractivity (Wildman–Crippen MR) is 211 cm³/mol. The van der Waals surface area contributed by atoms with Gasteiger partial charge in [0.25, 0.3) is 0 Å². The Kier molecular flexibility index (Phi) is 14.0. The molecular formula is C45H56N2O8. The van der Waals surface area contributed by atoms with Crippen molar-refractivity contribution in [1.29, 1.82) is 0 Å². The number of fused-ring (bicyclic) bond motifs is 2. The molecule has 6 atom stereocenters. The molecule has 3 aromatic rings. The Morgan fingerprint density at radius 3 is 2.33 bits per heavy atom. The number of aliphatic hydroxyl groups is 2. The number of rotatable bonds is 19. The van der Waals surface area contributed by atoms with E-state index in [9.17, 15) is 20.1 Å². The average molecular weight is 753 g/mol. The van der Waals surface area contributed by atoms with Crippen LogP contribution in [0.25, 0.3) is 0 Å². The number of carbonyl (C=O) groups is 1. The van der Waals surface area contributed by atoms with Crippen LogP contribution in [0.4, 0.5) is 4.79 Å². The van der Waals surface area contributed by atoms with Crippen LogP contribution in [0.15, 0.2) is 108 Å². The van der Waals surface area contributed by atoms with Crippen LogP contribution in [0, 0.1) is 17.8 Å². The fourth-order valence-corrected chi connectivity index (χ4v) is 8.83. The molecule has 0 saturated heterocycles. The first-order valence-electron chi connectivity index (χ1n) is 19.8. The zero-order valence-corrected chi connectivity index (χ0v) is 31.9. The molecule has 0 radical (unpaired) electrons. The number of hydrogen-bond donors (Lipinski definition) is 3. The topological polar surface area (TPSA) is 130 Å². The molecule has 0 unspecified atom stereocenters. The second-order valence-electron chi connectivity index (χ2n) is 14.8. The van der Waals surface area contributed by atoms with Crippen molar-refractivity contribution in [2.24, 2.45) is 22.9 Å². The van der Waals surface area contributed by atoms with E-state index in [0.29, 0.717) is 37.3 Å². The number of benzene rings is 3. The molecule has 55 heavy (non-hydrogen) atoms. The quantitative estimate of drug-likeness (QED) is 0.0634. The lowest BCUT2D eigenvalue weighted by molar-refractivity contribution is -0.255. The minimum atomic E-state index is -1.39. The van der Waals surface area contributed by atoms with E-state index in [0.717, 1.165) is 47.9 Å². The van der Waals surface area contributed by atoms with E-state index in [4.69, 9.17) is 24.2 Å². The highest BCUT2D eigenvalue weighted by molar-refractivity contribution is 6.03. The number of aromatic hydroxyl groups is 1. The maximum absolute atomic E-state index is 14.4. The molecular weight excluding hydrogens is 697 g/mol. The monoisotopic (exact) mass is 752 g/mol. The molecule has 1 amide bonds. The molecule has 0 spiro atoms. The van der Waals surface area contributed by atoms with E-state index >= 15 is 0 Å². The summed E-state index contributed by atoms with van der Waals surface area (Å²) in [6.07, 6.45) is 9.08. The summed E-state index contributed by atoms with van der Waals surface area (Å²) < 4.78 is 20.2. The van der Waals surface area contributed by atoms with Gasteiger partial charge in [0, 0.05) is 37.7 Å². The highest BCUT2D eigenvalue weighted by atomic mass is 16.7. The molecule has 1 heterocycles. The lowest BCUT2D eigenvalue weighted by Gasteiger charge is -2.59. The van der Waals surface area contributed by atoms with Gasteiger partial charge in [-0.15, -0.1) is 6.58 Å². The number of phenolic OH excluding ortho intramolecular Hbond substituents is 1. The number of carbonyl (C=O) groups excluding carboxylic acids is 1. The number of phenols is 1. The number of unbranched alkanes of at least 4 members (excludes halogenated alkanes) is 2. The van der Waals surface area contributed by atoms with E-state index in [1.807, 2.05) is 67.6 Å². The van der Waals surface area contributed by atoms with E-state index in [2.05, 4.69) is 12.7 Å². The zero-order valence-electron chi connectivity index (χ0n) is 31.9. The smallest absolute Gasteiger partial charge is 0.410 e. The van der Waals surface area contributed by atoms with E-state index in [-0.39, 0.29) is 63.0 Å². The van der Waals surface area contributed by atoms with Gasteiger partial charge in [-0.3, -0.25) is 4.90 Å². The Morgan fingerprint density at radius 1 is 0.964 bits per heavy atom. The number of aliphatic hydroxyl groups excluding tert-OH is 2. The number of hydrogen-bond acceptors (Lipinski definition) is 9. The first-order valence-corrected chi connectivity index (χ1v) is 19.8. The summed E-state index contributed by atoms with van der Waals surface area (Å²) in [4.78, 5) is 22.3. The highest BCUT2D eigenvalue weighted by Gasteiger charge is 2.65. The summed E-state index contributed by atoms with van der Waals surface area (Å²) in [5.74, 6) is -1.20. The van der Waals surface area contributed by atoms with Crippen molar-refractivity contribution < 1.29 is 39.2 Å². The van der Waals surface area contributed by atoms with Crippen molar-refractivity contribution in [1.82, 2.24) is 4.90 Å². The molecule has 0 bridgehead atoms. The number of amides is 1. The van der Waals surface area contributed by atoms with Gasteiger partial charge in [-0.1, -0.05) is 97.7 Å². The molecule has 10 heteroatoms. The average Bonchev–Trinajstić information content (AvgIpc) is 3.21. The minimum Gasteiger partial charge on any atom is -0.508 e. The van der Waals surface area contributed by atoms with Gasteiger partial charge < -0.3 is 34.4 Å². The Balaban J connectivity index is 1.53. The maximum atomic E-state index is 14.4. The van der Waals surface area contributed by atoms with Gasteiger partial charge in [0.1, 0.15) is 30.8 Å². The van der Waals surface area contributed by atoms with Crippen LogP contribution in [0.5, 0.6) is 11.5 Å². The summed E-state index contributed by atoms with van der Waals surface area (Å²) in [6.45, 7) is 7.14. The second-order valence-corrected chi connectivity index (χ2v) is 14.8. The number of nitrogens with zero attached hydrogens (tertiary/aromatic N) is 2. The van der Waals surface area contributed by atoms with E-state index in [1.165, 1.54) is 0 Å². The number of ether oxygens (including phenoxy) is 3. The van der Waals surface area contributed by atoms with Crippen LogP contribution in [0.2, 0.25) is 0 Å². The first-order chi connectivity index (χ1) is 26.9. The van der Waals surface area contributed by atoms with Crippen molar-refractivity contribution in [2.45, 2.75) is 89.3 Å². The summed E-state index contributed by atoms with van der Waals surface area (Å²) in [5, 5.41) is 35.4. The minimum absolute atomic E-state index is 0.0602. The van der Waals surface area contributed by atoms with Crippen LogP contribution in [-0.4, -0.2) is 70.2 Å². The largest absolute Gasteiger partial charge is 0.508 e. The molecule has 294 valence electrons. The van der Waals surface area contributed by atoms with Gasteiger partial charge in [-0.2, -0.15) is 0 Å². The summed E-state index contributed by atoms with van der Waals surface area (Å²) in [6, 6.07) is 24.0. The summed E-state index contributed by atoms with van der Waals surface area (Å²) in [7, 11) is 0. The van der Waals surface area contributed by atoms with Gasteiger partial charge >= 0.3 is 6.09 Å². The molecule has 6 rings (SSSR count). The van der Waals surface area contributed by atoms with Crippen LogP contribution < -0.4 is 4.74 Å². The molecule has 1 fully saturated rings. The third-order valence-corrected chi connectivity index (χ3v) is 11.2. The Labute approximate surface area is 325 Å².